The van der Waals surface area contributed by atoms with E-state index in [1.54, 1.807) is 0 Å². The van der Waals surface area contributed by atoms with Gasteiger partial charge in [0.25, 0.3) is 0 Å². The lowest BCUT2D eigenvalue weighted by molar-refractivity contribution is -0.105. The van der Waals surface area contributed by atoms with Gasteiger partial charge in [0.1, 0.15) is 6.29 Å². The van der Waals surface area contributed by atoms with Crippen LogP contribution >= 0.6 is 0 Å². The quantitative estimate of drug-likeness (QED) is 0.0260. The summed E-state index contributed by atoms with van der Waals surface area (Å²) in [6.45, 7) is 11.5. The number of unbranched alkanes of at least 4 members (excludes halogenated alkanes) is 29. The summed E-state index contributed by atoms with van der Waals surface area (Å²) in [5.74, 6) is 0. The first-order valence-electron chi connectivity index (χ1n) is 25.9. The maximum atomic E-state index is 13.3. The molecule has 1 heteroatoms. The second kappa shape index (κ2) is 45.5. The molecule has 332 valence electrons. The summed E-state index contributed by atoms with van der Waals surface area (Å²) in [6, 6.07) is 0. The van der Waals surface area contributed by atoms with Gasteiger partial charge < -0.3 is 0 Å². The minimum atomic E-state index is -0.00667. The highest BCUT2D eigenvalue weighted by molar-refractivity contribution is 5.75. The Morgan fingerprint density at radius 2 is 0.632 bits per heavy atom. The van der Waals surface area contributed by atoms with Gasteiger partial charge in [-0.2, -0.15) is 0 Å². The highest BCUT2D eigenvalue weighted by atomic mass is 16.1. The highest BCUT2D eigenvalue weighted by Gasteiger charge is 2.33. The molecule has 0 unspecified atom stereocenters. The molecule has 0 heterocycles. The highest BCUT2D eigenvalue weighted by Crippen LogP contribution is 2.45. The Morgan fingerprint density at radius 3 is 0.982 bits per heavy atom. The van der Waals surface area contributed by atoms with Crippen LogP contribution in [0.5, 0.6) is 0 Å². The molecule has 0 aliphatic heterocycles. The topological polar surface area (TPSA) is 17.1 Å². The number of carbonyl (C=O) groups excluding carboxylic acids is 1. The molecular formula is C56H102O. The summed E-state index contributed by atoms with van der Waals surface area (Å²) in [6.07, 6.45) is 70.8. The van der Waals surface area contributed by atoms with E-state index in [1.165, 1.54) is 224 Å². The van der Waals surface area contributed by atoms with Crippen LogP contribution in [0.4, 0.5) is 0 Å². The third kappa shape index (κ3) is 34.9. The number of hydrogen-bond acceptors (Lipinski definition) is 1. The minimum absolute atomic E-state index is 0.00667. The first-order valence-corrected chi connectivity index (χ1v) is 25.9. The first kappa shape index (κ1) is 55.4. The molecule has 0 bridgehead atoms. The van der Waals surface area contributed by atoms with Gasteiger partial charge >= 0.3 is 0 Å². The van der Waals surface area contributed by atoms with E-state index in [2.05, 4.69) is 83.2 Å². The molecular weight excluding hydrogens is 689 g/mol. The van der Waals surface area contributed by atoms with Crippen molar-refractivity contribution < 1.29 is 4.79 Å². The van der Waals surface area contributed by atoms with E-state index < -0.39 is 0 Å². The fourth-order valence-electron chi connectivity index (χ4n) is 8.53. The average molecular weight is 791 g/mol. The minimum Gasteiger partial charge on any atom is -0.298 e. The molecule has 0 saturated heterocycles. The van der Waals surface area contributed by atoms with Gasteiger partial charge in [0.15, 0.2) is 0 Å². The van der Waals surface area contributed by atoms with E-state index >= 15 is 0 Å². The van der Waals surface area contributed by atoms with Crippen molar-refractivity contribution in [3.8, 4) is 0 Å². The number of allylic oxidation sites excluding steroid dienone is 10. The molecule has 57 heavy (non-hydrogen) atoms. The maximum Gasteiger partial charge on any atom is 0.146 e. The Morgan fingerprint density at radius 1 is 0.333 bits per heavy atom. The normalized spacial score (nSPS) is 13.0. The average Bonchev–Trinajstić information content (AvgIpc) is 3.22. The zero-order valence-electron chi connectivity index (χ0n) is 39.7. The fraction of sp³-hybridized carbons (Fsp3) is 0.804. The summed E-state index contributed by atoms with van der Waals surface area (Å²) < 4.78 is 0. The lowest BCUT2D eigenvalue weighted by Gasteiger charge is -2.37. The van der Waals surface area contributed by atoms with Gasteiger partial charge in [-0.25, -0.2) is 0 Å². The summed E-state index contributed by atoms with van der Waals surface area (Å²) in [4.78, 5) is 13.3. The second-order valence-corrected chi connectivity index (χ2v) is 17.8. The predicted octanol–water partition coefficient (Wildman–Crippen LogP) is 20.0. The van der Waals surface area contributed by atoms with Gasteiger partial charge in [-0.05, 0) is 94.5 Å². The molecule has 0 aliphatic rings. The van der Waals surface area contributed by atoms with Crippen molar-refractivity contribution in [1.29, 1.82) is 0 Å². The van der Waals surface area contributed by atoms with Crippen molar-refractivity contribution >= 4 is 6.29 Å². The lowest BCUT2D eigenvalue weighted by Crippen LogP contribution is -2.25. The third-order valence-electron chi connectivity index (χ3n) is 12.4. The first-order chi connectivity index (χ1) is 28.2. The second-order valence-electron chi connectivity index (χ2n) is 17.8. The van der Waals surface area contributed by atoms with E-state index in [1.807, 2.05) is 0 Å². The SMILES string of the molecule is CCCCCCC/C=C/C/C(C=O)=C(/C/C=C/CCCCCCC)C(C/C=C/CCCCCCC)(C/C=C/CCCCCCC)CCCCCCCCCCCC. The van der Waals surface area contributed by atoms with E-state index in [4.69, 9.17) is 0 Å². The standard InChI is InChI=1S/C56H102O/c1-6-11-16-21-26-31-32-37-42-47-52-56(50-45-40-35-29-24-19-14-9-4,51-46-41-36-30-25-20-15-10-5)55(49-44-39-34-28-23-18-13-8-3)54(53-57)48-43-38-33-27-22-17-12-7-2/h38-41,43-46,53H,6-37,42,47-52H2,1-5H3/b43-38+,44-39+,45-40+,46-41+,55-54+. The third-order valence-corrected chi connectivity index (χ3v) is 12.4. The zero-order valence-corrected chi connectivity index (χ0v) is 39.7. The number of carbonyl (C=O) groups is 1. The van der Waals surface area contributed by atoms with Gasteiger partial charge in [0.2, 0.25) is 0 Å². The van der Waals surface area contributed by atoms with Crippen LogP contribution < -0.4 is 0 Å². The van der Waals surface area contributed by atoms with Crippen LogP contribution in [0.1, 0.15) is 285 Å². The molecule has 0 radical (unpaired) electrons. The van der Waals surface area contributed by atoms with Gasteiger partial charge in [0.05, 0.1) is 0 Å². The Hall–Kier alpha value is -1.63. The summed E-state index contributed by atoms with van der Waals surface area (Å²) in [5, 5.41) is 0. The van der Waals surface area contributed by atoms with Gasteiger partial charge in [-0.15, -0.1) is 0 Å². The van der Waals surface area contributed by atoms with Crippen molar-refractivity contribution in [3.63, 3.8) is 0 Å². The van der Waals surface area contributed by atoms with Crippen LogP contribution in [0.2, 0.25) is 0 Å². The lowest BCUT2D eigenvalue weighted by atomic mass is 9.67. The molecule has 0 saturated carbocycles. The molecule has 0 aromatic carbocycles. The van der Waals surface area contributed by atoms with Crippen LogP contribution in [-0.4, -0.2) is 6.29 Å². The summed E-state index contributed by atoms with van der Waals surface area (Å²) in [5.41, 5.74) is 2.51. The fourth-order valence-corrected chi connectivity index (χ4v) is 8.53. The van der Waals surface area contributed by atoms with E-state index in [0.717, 1.165) is 44.1 Å². The predicted molar refractivity (Wildman–Crippen MR) is 261 cm³/mol. The van der Waals surface area contributed by atoms with E-state index in [9.17, 15) is 4.79 Å². The van der Waals surface area contributed by atoms with E-state index in [-0.39, 0.29) is 5.41 Å². The van der Waals surface area contributed by atoms with Crippen LogP contribution in [0, 0.1) is 5.41 Å². The molecule has 0 spiro atoms. The molecule has 0 aromatic heterocycles. The van der Waals surface area contributed by atoms with Crippen molar-refractivity contribution in [1.82, 2.24) is 0 Å². The van der Waals surface area contributed by atoms with Crippen molar-refractivity contribution in [3.05, 3.63) is 59.8 Å². The Kier molecular flexibility index (Phi) is 44.2. The van der Waals surface area contributed by atoms with Crippen molar-refractivity contribution in [2.75, 3.05) is 0 Å². The van der Waals surface area contributed by atoms with Gasteiger partial charge in [-0.1, -0.05) is 256 Å². The van der Waals surface area contributed by atoms with E-state index in [0.29, 0.717) is 0 Å². The van der Waals surface area contributed by atoms with Crippen LogP contribution in [-0.2, 0) is 4.79 Å². The summed E-state index contributed by atoms with van der Waals surface area (Å²) >= 11 is 0. The van der Waals surface area contributed by atoms with Crippen LogP contribution in [0.15, 0.2) is 59.8 Å². The maximum absolute atomic E-state index is 13.3. The Balaban J connectivity index is 6.51. The monoisotopic (exact) mass is 791 g/mol. The molecule has 0 rings (SSSR count). The van der Waals surface area contributed by atoms with Crippen molar-refractivity contribution in [2.24, 2.45) is 5.41 Å². The molecule has 0 aromatic rings. The van der Waals surface area contributed by atoms with Crippen LogP contribution in [0.3, 0.4) is 0 Å². The molecule has 0 N–H and O–H groups in total. The molecule has 0 fully saturated rings. The molecule has 0 atom stereocenters. The smallest absolute Gasteiger partial charge is 0.146 e. The number of hydrogen-bond donors (Lipinski definition) is 0. The van der Waals surface area contributed by atoms with Gasteiger partial charge in [-0.3, -0.25) is 4.79 Å². The Labute approximate surface area is 360 Å². The van der Waals surface area contributed by atoms with Crippen molar-refractivity contribution in [2.45, 2.75) is 285 Å². The number of rotatable bonds is 45. The largest absolute Gasteiger partial charge is 0.298 e. The van der Waals surface area contributed by atoms with Gasteiger partial charge in [0, 0.05) is 0 Å². The van der Waals surface area contributed by atoms with Crippen LogP contribution in [0.25, 0.3) is 0 Å². The summed E-state index contributed by atoms with van der Waals surface area (Å²) in [7, 11) is 0. The molecule has 0 amide bonds. The Bertz CT molecular complexity index is 949. The zero-order chi connectivity index (χ0) is 41.6. The molecule has 1 nitrogen and oxygen atoms in total. The molecule has 0 aliphatic carbocycles. The number of aldehydes is 1.